The molecule has 0 unspecified atom stereocenters. The molecule has 2 aromatic rings. The molecule has 4 nitrogen and oxygen atoms in total. The predicted octanol–water partition coefficient (Wildman–Crippen LogP) is 3.20. The van der Waals surface area contributed by atoms with Crippen LogP contribution in [0.25, 0.3) is 0 Å². The van der Waals surface area contributed by atoms with E-state index in [4.69, 9.17) is 4.74 Å². The summed E-state index contributed by atoms with van der Waals surface area (Å²) in [6, 6.07) is 17.7. The molecule has 0 atom stereocenters. The normalized spacial score (nSPS) is 10.6. The number of amides is 1. The number of carbonyl (C=O) groups excluding carboxylic acids is 1. The van der Waals surface area contributed by atoms with Crippen LogP contribution in [0.5, 0.6) is 5.75 Å². The number of benzene rings is 2. The van der Waals surface area contributed by atoms with Gasteiger partial charge in [-0.15, -0.1) is 0 Å². The average molecular weight is 312 g/mol. The molecule has 1 amide bonds. The molecule has 0 aliphatic rings. The SMILES string of the molecule is CCN(CCc1ccccc1)CC(=O)Nc1cccc(OC)c1. The van der Waals surface area contributed by atoms with Gasteiger partial charge in [-0.2, -0.15) is 0 Å². The maximum Gasteiger partial charge on any atom is 0.238 e. The Morgan fingerprint density at radius 2 is 1.91 bits per heavy atom. The van der Waals surface area contributed by atoms with Crippen molar-refractivity contribution in [1.82, 2.24) is 4.90 Å². The third-order valence-corrected chi connectivity index (χ3v) is 3.73. The van der Waals surface area contributed by atoms with E-state index in [2.05, 4.69) is 29.3 Å². The van der Waals surface area contributed by atoms with Crippen LogP contribution < -0.4 is 10.1 Å². The van der Waals surface area contributed by atoms with Crippen molar-refractivity contribution in [3.8, 4) is 5.75 Å². The molecule has 0 saturated heterocycles. The molecule has 0 heterocycles. The van der Waals surface area contributed by atoms with Crippen molar-refractivity contribution < 1.29 is 9.53 Å². The molecule has 4 heteroatoms. The molecule has 0 saturated carbocycles. The molecule has 0 spiro atoms. The van der Waals surface area contributed by atoms with Gasteiger partial charge in [-0.05, 0) is 30.7 Å². The van der Waals surface area contributed by atoms with E-state index in [1.165, 1.54) is 5.56 Å². The molecular formula is C19H24N2O2. The maximum atomic E-state index is 12.2. The van der Waals surface area contributed by atoms with E-state index in [1.54, 1.807) is 7.11 Å². The van der Waals surface area contributed by atoms with Crippen LogP contribution in [0.1, 0.15) is 12.5 Å². The Morgan fingerprint density at radius 1 is 1.13 bits per heavy atom. The number of carbonyl (C=O) groups is 1. The first-order valence-corrected chi connectivity index (χ1v) is 7.91. The monoisotopic (exact) mass is 312 g/mol. The molecule has 23 heavy (non-hydrogen) atoms. The minimum absolute atomic E-state index is 0.00633. The van der Waals surface area contributed by atoms with E-state index in [-0.39, 0.29) is 5.91 Å². The fraction of sp³-hybridized carbons (Fsp3) is 0.316. The molecule has 0 aliphatic heterocycles. The van der Waals surface area contributed by atoms with E-state index in [0.29, 0.717) is 6.54 Å². The second-order valence-electron chi connectivity index (χ2n) is 5.38. The van der Waals surface area contributed by atoms with Gasteiger partial charge < -0.3 is 10.1 Å². The lowest BCUT2D eigenvalue weighted by Gasteiger charge is -2.20. The number of nitrogens with one attached hydrogen (secondary N) is 1. The lowest BCUT2D eigenvalue weighted by molar-refractivity contribution is -0.117. The van der Waals surface area contributed by atoms with Crippen LogP contribution in [-0.2, 0) is 11.2 Å². The number of hydrogen-bond acceptors (Lipinski definition) is 3. The molecule has 0 bridgehead atoms. The highest BCUT2D eigenvalue weighted by molar-refractivity contribution is 5.92. The van der Waals surface area contributed by atoms with Gasteiger partial charge in [-0.3, -0.25) is 9.69 Å². The van der Waals surface area contributed by atoms with Crippen LogP contribution in [0, 0.1) is 0 Å². The largest absolute Gasteiger partial charge is 0.497 e. The van der Waals surface area contributed by atoms with Gasteiger partial charge in [0.25, 0.3) is 0 Å². The Bertz CT molecular complexity index is 614. The summed E-state index contributed by atoms with van der Waals surface area (Å²) in [6.45, 7) is 4.18. The average Bonchev–Trinajstić information content (AvgIpc) is 2.59. The Kier molecular flexibility index (Phi) is 6.63. The van der Waals surface area contributed by atoms with E-state index in [0.717, 1.165) is 30.9 Å². The molecule has 0 fully saturated rings. The molecular weight excluding hydrogens is 288 g/mol. The van der Waals surface area contributed by atoms with Crippen molar-refractivity contribution in [1.29, 1.82) is 0 Å². The quantitative estimate of drug-likeness (QED) is 0.814. The van der Waals surface area contributed by atoms with E-state index in [1.807, 2.05) is 42.5 Å². The van der Waals surface area contributed by atoms with Crippen molar-refractivity contribution in [2.75, 3.05) is 32.1 Å². The highest BCUT2D eigenvalue weighted by atomic mass is 16.5. The number of anilines is 1. The van der Waals surface area contributed by atoms with Crippen molar-refractivity contribution in [2.24, 2.45) is 0 Å². The first-order valence-electron chi connectivity index (χ1n) is 7.91. The van der Waals surface area contributed by atoms with Crippen LogP contribution in [0.15, 0.2) is 54.6 Å². The van der Waals surface area contributed by atoms with Crippen LogP contribution in [0.2, 0.25) is 0 Å². The summed E-state index contributed by atoms with van der Waals surface area (Å²) >= 11 is 0. The predicted molar refractivity (Wildman–Crippen MR) is 93.9 cm³/mol. The molecule has 1 N–H and O–H groups in total. The molecule has 0 radical (unpaired) electrons. The summed E-state index contributed by atoms with van der Waals surface area (Å²) < 4.78 is 5.16. The summed E-state index contributed by atoms with van der Waals surface area (Å²) in [5.74, 6) is 0.729. The van der Waals surface area contributed by atoms with E-state index < -0.39 is 0 Å². The van der Waals surface area contributed by atoms with E-state index >= 15 is 0 Å². The Balaban J connectivity index is 1.84. The zero-order valence-electron chi connectivity index (χ0n) is 13.8. The lowest BCUT2D eigenvalue weighted by Crippen LogP contribution is -2.34. The minimum Gasteiger partial charge on any atom is -0.497 e. The molecule has 2 rings (SSSR count). The third kappa shape index (κ3) is 5.75. The van der Waals surface area contributed by atoms with Crippen LogP contribution in [-0.4, -0.2) is 37.6 Å². The van der Waals surface area contributed by atoms with Crippen molar-refractivity contribution in [3.63, 3.8) is 0 Å². The van der Waals surface area contributed by atoms with Gasteiger partial charge >= 0.3 is 0 Å². The maximum absolute atomic E-state index is 12.2. The Labute approximate surface area is 138 Å². The first kappa shape index (κ1) is 17.0. The number of rotatable bonds is 8. The van der Waals surface area contributed by atoms with Crippen molar-refractivity contribution in [3.05, 3.63) is 60.2 Å². The fourth-order valence-corrected chi connectivity index (χ4v) is 2.39. The van der Waals surface area contributed by atoms with Gasteiger partial charge in [-0.1, -0.05) is 43.3 Å². The summed E-state index contributed by atoms with van der Waals surface area (Å²) in [4.78, 5) is 14.3. The van der Waals surface area contributed by atoms with Gasteiger partial charge in [0, 0.05) is 18.3 Å². The first-order chi connectivity index (χ1) is 11.2. The molecule has 122 valence electrons. The molecule has 0 aliphatic carbocycles. The van der Waals surface area contributed by atoms with Crippen LogP contribution in [0.3, 0.4) is 0 Å². The number of nitrogens with zero attached hydrogens (tertiary/aromatic N) is 1. The number of ether oxygens (including phenoxy) is 1. The van der Waals surface area contributed by atoms with Crippen LogP contribution >= 0.6 is 0 Å². The summed E-state index contributed by atoms with van der Waals surface area (Å²) in [5.41, 5.74) is 2.05. The molecule has 0 aromatic heterocycles. The second kappa shape index (κ2) is 8.96. The Hall–Kier alpha value is -2.33. The number of likely N-dealkylation sites (N-methyl/N-ethyl adjacent to an activating group) is 1. The second-order valence-corrected chi connectivity index (χ2v) is 5.38. The standard InChI is InChI=1S/C19H24N2O2/c1-3-21(13-12-16-8-5-4-6-9-16)15-19(22)20-17-10-7-11-18(14-17)23-2/h4-11,14H,3,12-13,15H2,1-2H3,(H,20,22). The minimum atomic E-state index is -0.00633. The number of methoxy groups -OCH3 is 1. The fourth-order valence-electron chi connectivity index (χ4n) is 2.39. The van der Waals surface area contributed by atoms with E-state index in [9.17, 15) is 4.79 Å². The Morgan fingerprint density at radius 3 is 2.61 bits per heavy atom. The van der Waals surface area contributed by atoms with Gasteiger partial charge in [0.15, 0.2) is 0 Å². The third-order valence-electron chi connectivity index (χ3n) is 3.73. The topological polar surface area (TPSA) is 41.6 Å². The van der Waals surface area contributed by atoms with Crippen molar-refractivity contribution >= 4 is 11.6 Å². The lowest BCUT2D eigenvalue weighted by atomic mass is 10.1. The van der Waals surface area contributed by atoms with Gasteiger partial charge in [0.2, 0.25) is 5.91 Å². The van der Waals surface area contributed by atoms with Crippen molar-refractivity contribution in [2.45, 2.75) is 13.3 Å². The zero-order chi connectivity index (χ0) is 16.5. The van der Waals surface area contributed by atoms with Gasteiger partial charge in [-0.25, -0.2) is 0 Å². The summed E-state index contributed by atoms with van der Waals surface area (Å²) in [6.07, 6.45) is 0.946. The number of hydrogen-bond donors (Lipinski definition) is 1. The highest BCUT2D eigenvalue weighted by Crippen LogP contribution is 2.16. The zero-order valence-corrected chi connectivity index (χ0v) is 13.8. The smallest absolute Gasteiger partial charge is 0.238 e. The highest BCUT2D eigenvalue weighted by Gasteiger charge is 2.09. The van der Waals surface area contributed by atoms with Gasteiger partial charge in [0.05, 0.1) is 13.7 Å². The van der Waals surface area contributed by atoms with Gasteiger partial charge in [0.1, 0.15) is 5.75 Å². The van der Waals surface area contributed by atoms with Crippen LogP contribution in [0.4, 0.5) is 5.69 Å². The summed E-state index contributed by atoms with van der Waals surface area (Å²) in [7, 11) is 1.61. The molecule has 2 aromatic carbocycles. The summed E-state index contributed by atoms with van der Waals surface area (Å²) in [5, 5.41) is 2.92.